The highest BCUT2D eigenvalue weighted by Crippen LogP contribution is 2.26. The van der Waals surface area contributed by atoms with Crippen molar-refractivity contribution >= 4 is 0 Å². The van der Waals surface area contributed by atoms with Gasteiger partial charge in [-0.25, -0.2) is 0 Å². The Hall–Kier alpha value is -0.780. The summed E-state index contributed by atoms with van der Waals surface area (Å²) in [6, 6.07) is 10.9. The molecule has 0 radical (unpaired) electrons. The van der Waals surface area contributed by atoms with Gasteiger partial charge in [0.1, 0.15) is 0 Å². The van der Waals surface area contributed by atoms with Crippen molar-refractivity contribution in [3.05, 3.63) is 35.9 Å². The third kappa shape index (κ3) is 6.66. The van der Waals surface area contributed by atoms with Crippen molar-refractivity contribution in [1.29, 1.82) is 0 Å². The molecular weight excluding hydrogens is 192 g/mol. The molecule has 0 heterocycles. The van der Waals surface area contributed by atoms with E-state index in [1.165, 1.54) is 18.4 Å². The van der Waals surface area contributed by atoms with Crippen LogP contribution in [0.1, 0.15) is 66.4 Å². The third-order valence-electron chi connectivity index (χ3n) is 2.52. The van der Waals surface area contributed by atoms with Crippen LogP contribution >= 0.6 is 0 Å². The SMILES string of the molecule is C.CC.CCC(CC(C)C)c1ccccc1. The maximum Gasteiger partial charge on any atom is -0.0162 e. The van der Waals surface area contributed by atoms with E-state index in [9.17, 15) is 0 Å². The normalized spacial score (nSPS) is 11.1. The van der Waals surface area contributed by atoms with Crippen LogP contribution in [-0.2, 0) is 0 Å². The van der Waals surface area contributed by atoms with E-state index in [-0.39, 0.29) is 7.43 Å². The average Bonchev–Trinajstić information content (AvgIpc) is 2.29. The summed E-state index contributed by atoms with van der Waals surface area (Å²) in [5, 5.41) is 0. The standard InChI is InChI=1S/C13H20.C2H6.CH4/c1-4-12(10-11(2)3)13-8-6-5-7-9-13;1-2;/h5-9,11-12H,4,10H2,1-3H3;1-2H3;1H4. The monoisotopic (exact) mass is 222 g/mol. The molecule has 1 unspecified atom stereocenters. The van der Waals surface area contributed by atoms with Crippen LogP contribution in [0, 0.1) is 5.92 Å². The number of hydrogen-bond acceptors (Lipinski definition) is 0. The van der Waals surface area contributed by atoms with Gasteiger partial charge in [-0.05, 0) is 30.2 Å². The number of rotatable bonds is 4. The van der Waals surface area contributed by atoms with Crippen LogP contribution in [0.2, 0.25) is 0 Å². The molecule has 0 aliphatic carbocycles. The molecule has 1 aromatic rings. The van der Waals surface area contributed by atoms with Crippen molar-refractivity contribution in [2.24, 2.45) is 5.92 Å². The van der Waals surface area contributed by atoms with E-state index in [0.717, 1.165) is 11.8 Å². The first-order valence-corrected chi connectivity index (χ1v) is 6.29. The van der Waals surface area contributed by atoms with Crippen LogP contribution < -0.4 is 0 Å². The first-order valence-electron chi connectivity index (χ1n) is 6.29. The zero-order valence-corrected chi connectivity index (χ0v) is 11.0. The van der Waals surface area contributed by atoms with Gasteiger partial charge in [0, 0.05) is 0 Å². The Morgan fingerprint density at radius 3 is 1.88 bits per heavy atom. The molecule has 0 fully saturated rings. The smallest absolute Gasteiger partial charge is 0.0162 e. The average molecular weight is 222 g/mol. The molecule has 0 aromatic heterocycles. The minimum absolute atomic E-state index is 0. The Bertz CT molecular complexity index is 223. The lowest BCUT2D eigenvalue weighted by molar-refractivity contribution is 0.489. The molecular formula is C16H30. The Morgan fingerprint density at radius 1 is 1.00 bits per heavy atom. The van der Waals surface area contributed by atoms with Crippen LogP contribution in [0.15, 0.2) is 30.3 Å². The molecule has 1 aromatic carbocycles. The predicted molar refractivity (Wildman–Crippen MR) is 77.0 cm³/mol. The maximum atomic E-state index is 2.30. The van der Waals surface area contributed by atoms with Crippen LogP contribution in [0.5, 0.6) is 0 Å². The lowest BCUT2D eigenvalue weighted by Gasteiger charge is -2.17. The predicted octanol–water partition coefficient (Wildman–Crippen LogP) is 5.89. The van der Waals surface area contributed by atoms with Gasteiger partial charge in [0.15, 0.2) is 0 Å². The van der Waals surface area contributed by atoms with Crippen molar-refractivity contribution in [1.82, 2.24) is 0 Å². The van der Waals surface area contributed by atoms with Crippen LogP contribution in [0.3, 0.4) is 0 Å². The second-order valence-corrected chi connectivity index (χ2v) is 4.15. The van der Waals surface area contributed by atoms with Gasteiger partial charge in [-0.2, -0.15) is 0 Å². The summed E-state index contributed by atoms with van der Waals surface area (Å²) in [4.78, 5) is 0. The molecule has 0 nitrogen and oxygen atoms in total. The van der Waals surface area contributed by atoms with Crippen molar-refractivity contribution in [2.75, 3.05) is 0 Å². The van der Waals surface area contributed by atoms with Gasteiger partial charge < -0.3 is 0 Å². The second-order valence-electron chi connectivity index (χ2n) is 4.15. The van der Waals surface area contributed by atoms with Crippen LogP contribution in [-0.4, -0.2) is 0 Å². The summed E-state index contributed by atoms with van der Waals surface area (Å²) in [6.07, 6.45) is 2.56. The fraction of sp³-hybridized carbons (Fsp3) is 0.625. The molecule has 94 valence electrons. The zero-order valence-electron chi connectivity index (χ0n) is 11.0. The molecule has 0 bridgehead atoms. The van der Waals surface area contributed by atoms with E-state index in [4.69, 9.17) is 0 Å². The summed E-state index contributed by atoms with van der Waals surface area (Å²) < 4.78 is 0. The minimum Gasteiger partial charge on any atom is -0.0776 e. The topological polar surface area (TPSA) is 0 Å². The molecule has 0 heteroatoms. The van der Waals surface area contributed by atoms with Crippen molar-refractivity contribution in [3.8, 4) is 0 Å². The van der Waals surface area contributed by atoms with Crippen molar-refractivity contribution in [3.63, 3.8) is 0 Å². The van der Waals surface area contributed by atoms with Gasteiger partial charge in [0.2, 0.25) is 0 Å². The van der Waals surface area contributed by atoms with Crippen molar-refractivity contribution < 1.29 is 0 Å². The van der Waals surface area contributed by atoms with E-state index < -0.39 is 0 Å². The fourth-order valence-electron chi connectivity index (χ4n) is 1.83. The van der Waals surface area contributed by atoms with Crippen LogP contribution in [0.4, 0.5) is 0 Å². The van der Waals surface area contributed by atoms with Gasteiger partial charge in [-0.3, -0.25) is 0 Å². The largest absolute Gasteiger partial charge is 0.0776 e. The molecule has 0 saturated heterocycles. The van der Waals surface area contributed by atoms with E-state index in [2.05, 4.69) is 51.1 Å². The Balaban J connectivity index is 0. The molecule has 0 amide bonds. The Kier molecular flexibility index (Phi) is 11.8. The summed E-state index contributed by atoms with van der Waals surface area (Å²) in [7, 11) is 0. The lowest BCUT2D eigenvalue weighted by Crippen LogP contribution is -2.01. The lowest BCUT2D eigenvalue weighted by atomic mass is 9.88. The van der Waals surface area contributed by atoms with Crippen molar-refractivity contribution in [2.45, 2.75) is 60.8 Å². The summed E-state index contributed by atoms with van der Waals surface area (Å²) >= 11 is 0. The highest BCUT2D eigenvalue weighted by Gasteiger charge is 2.09. The highest BCUT2D eigenvalue weighted by atomic mass is 14.1. The molecule has 0 spiro atoms. The highest BCUT2D eigenvalue weighted by molar-refractivity contribution is 5.19. The molecule has 0 N–H and O–H groups in total. The minimum atomic E-state index is 0. The second kappa shape index (κ2) is 10.7. The molecule has 0 aliphatic rings. The number of benzene rings is 1. The van der Waals surface area contributed by atoms with E-state index >= 15 is 0 Å². The van der Waals surface area contributed by atoms with E-state index in [0.29, 0.717) is 0 Å². The van der Waals surface area contributed by atoms with Gasteiger partial charge in [0.05, 0.1) is 0 Å². The van der Waals surface area contributed by atoms with Gasteiger partial charge in [-0.1, -0.05) is 72.4 Å². The zero-order chi connectivity index (χ0) is 11.7. The quantitative estimate of drug-likeness (QED) is 0.596. The third-order valence-corrected chi connectivity index (χ3v) is 2.52. The molecule has 0 saturated carbocycles. The first kappa shape index (κ1) is 17.6. The molecule has 1 atom stereocenters. The fourth-order valence-corrected chi connectivity index (χ4v) is 1.83. The summed E-state index contributed by atoms with van der Waals surface area (Å²) in [5.41, 5.74) is 1.50. The molecule has 16 heavy (non-hydrogen) atoms. The maximum absolute atomic E-state index is 2.30. The van der Waals surface area contributed by atoms with Gasteiger partial charge in [-0.15, -0.1) is 0 Å². The first-order chi connectivity index (χ1) is 7.24. The molecule has 1 rings (SSSR count). The van der Waals surface area contributed by atoms with Gasteiger partial charge in [0.25, 0.3) is 0 Å². The summed E-state index contributed by atoms with van der Waals surface area (Å²) in [6.45, 7) is 10.9. The van der Waals surface area contributed by atoms with E-state index in [1.54, 1.807) is 0 Å². The summed E-state index contributed by atoms with van der Waals surface area (Å²) in [5.74, 6) is 1.55. The number of hydrogen-bond donors (Lipinski definition) is 0. The van der Waals surface area contributed by atoms with E-state index in [1.807, 2.05) is 13.8 Å². The molecule has 0 aliphatic heterocycles. The Morgan fingerprint density at radius 2 is 1.50 bits per heavy atom. The van der Waals surface area contributed by atoms with Gasteiger partial charge >= 0.3 is 0 Å². The van der Waals surface area contributed by atoms with Crippen LogP contribution in [0.25, 0.3) is 0 Å². The Labute approximate surface area is 103 Å².